The monoisotopic (exact) mass is 585 g/mol. The van der Waals surface area contributed by atoms with Crippen molar-refractivity contribution in [3.8, 4) is 0 Å². The minimum Gasteiger partial charge on any atom is -0.461 e. The lowest BCUT2D eigenvalue weighted by Crippen LogP contribution is -2.62. The van der Waals surface area contributed by atoms with Gasteiger partial charge >= 0.3 is 5.97 Å². The van der Waals surface area contributed by atoms with Crippen molar-refractivity contribution in [1.82, 2.24) is 4.90 Å². The maximum atomic E-state index is 12.3. The van der Waals surface area contributed by atoms with E-state index in [1.165, 1.54) is 51.6 Å². The Kier molecular flexibility index (Phi) is 7.65. The molecule has 10 atom stereocenters. The van der Waals surface area contributed by atoms with Crippen LogP contribution in [0.25, 0.3) is 0 Å². The fraction of sp³-hybridized carbons (Fsp3) is 0.914. The lowest BCUT2D eigenvalue weighted by atomic mass is 9.44. The molecule has 7 heteroatoms. The van der Waals surface area contributed by atoms with Gasteiger partial charge in [-0.05, 0) is 73.7 Å². The number of aliphatic hydroxyl groups excluding tert-OH is 1. The van der Waals surface area contributed by atoms with Gasteiger partial charge in [-0.15, -0.1) is 0 Å². The molecule has 1 spiro atoms. The number of hydrogen-bond acceptors (Lipinski definition) is 6. The van der Waals surface area contributed by atoms with Crippen LogP contribution in [0.3, 0.4) is 0 Å². The van der Waals surface area contributed by atoms with E-state index in [0.29, 0.717) is 42.9 Å². The number of piperidine rings is 1. The number of hydrogen-bond donors (Lipinski definition) is 1. The molecule has 3 saturated heterocycles. The summed E-state index contributed by atoms with van der Waals surface area (Å²) < 4.78 is 19.3. The third-order valence-electron chi connectivity index (χ3n) is 14.4. The lowest BCUT2D eigenvalue weighted by Gasteiger charge is -2.62. The maximum absolute atomic E-state index is 12.3. The van der Waals surface area contributed by atoms with Gasteiger partial charge in [-0.25, -0.2) is 0 Å². The molecule has 7 aliphatic rings. The maximum Gasteiger partial charge on any atom is 0.302 e. The van der Waals surface area contributed by atoms with Crippen LogP contribution in [0, 0.1) is 34.5 Å². The molecular weight excluding hydrogens is 528 g/mol. The molecule has 3 heterocycles. The van der Waals surface area contributed by atoms with E-state index in [1.807, 2.05) is 0 Å². The van der Waals surface area contributed by atoms with Crippen molar-refractivity contribution in [2.45, 2.75) is 121 Å². The van der Waals surface area contributed by atoms with Gasteiger partial charge in [0.2, 0.25) is 0 Å². The molecule has 0 aromatic carbocycles. The Balaban J connectivity index is 1.13. The summed E-state index contributed by atoms with van der Waals surface area (Å²) in [6.07, 6.45) is 14.4. The summed E-state index contributed by atoms with van der Waals surface area (Å²) in [4.78, 5) is 14.9. The summed E-state index contributed by atoms with van der Waals surface area (Å²) >= 11 is 0. The van der Waals surface area contributed by atoms with Gasteiger partial charge in [0.1, 0.15) is 18.2 Å². The Morgan fingerprint density at radius 3 is 2.40 bits per heavy atom. The number of rotatable bonds is 5. The number of likely N-dealkylation sites (tertiary alicyclic amines) is 2. The molecule has 4 saturated carbocycles. The molecule has 5 unspecified atom stereocenters. The Morgan fingerprint density at radius 1 is 1.02 bits per heavy atom. The zero-order chi connectivity index (χ0) is 29.3. The van der Waals surface area contributed by atoms with Gasteiger partial charge in [-0.3, -0.25) is 9.69 Å². The molecule has 7 rings (SSSR count). The highest BCUT2D eigenvalue weighted by molar-refractivity contribution is 5.66. The zero-order valence-corrected chi connectivity index (χ0v) is 26.6. The van der Waals surface area contributed by atoms with E-state index in [1.54, 1.807) is 6.92 Å². The second kappa shape index (κ2) is 10.8. The fourth-order valence-corrected chi connectivity index (χ4v) is 12.3. The number of nitrogens with zero attached hydrogens (tertiary/aromatic N) is 2. The molecule has 7 nitrogen and oxygen atoms in total. The standard InChI is InChI=1S/C35H57N2O5/c1-5-16-37(17-6-7-18-37)30-22-28-26-9-8-25-21-31(42-24(2)38)29(36-14-12-35(13-15-36)40-19-20-41-35)23-34(25,4)27(26)10-11-33(28,3)32(30)39/h5,25-32,39H,1,6-23H2,2-4H3/q+1/t25?,26-,27-,28+,29?,30?,31?,32?,33+,34+/m1/s1. The number of carbonyl (C=O) groups is 1. The normalized spacial score (nSPS) is 47.9. The van der Waals surface area contributed by atoms with Gasteiger partial charge in [0.25, 0.3) is 0 Å². The predicted octanol–water partition coefficient (Wildman–Crippen LogP) is 4.91. The number of carbonyl (C=O) groups excluding carboxylic acids is 1. The number of quaternary nitrogens is 1. The van der Waals surface area contributed by atoms with E-state index in [4.69, 9.17) is 14.2 Å². The summed E-state index contributed by atoms with van der Waals surface area (Å²) in [6, 6.07) is 0.617. The molecule has 42 heavy (non-hydrogen) atoms. The first kappa shape index (κ1) is 29.7. The minimum atomic E-state index is -0.390. The van der Waals surface area contributed by atoms with Crippen molar-refractivity contribution >= 4 is 5.97 Å². The molecule has 236 valence electrons. The van der Waals surface area contributed by atoms with Crippen LogP contribution in [-0.4, -0.2) is 96.5 Å². The summed E-state index contributed by atoms with van der Waals surface area (Å²) in [6.45, 7) is 17.5. The highest BCUT2D eigenvalue weighted by Crippen LogP contribution is 2.67. The zero-order valence-electron chi connectivity index (χ0n) is 26.6. The first-order chi connectivity index (χ1) is 20.1. The van der Waals surface area contributed by atoms with Crippen LogP contribution in [0.5, 0.6) is 0 Å². The average molecular weight is 586 g/mol. The van der Waals surface area contributed by atoms with Gasteiger partial charge in [0, 0.05) is 63.6 Å². The Bertz CT molecular complexity index is 1030. The topological polar surface area (TPSA) is 68.2 Å². The van der Waals surface area contributed by atoms with Gasteiger partial charge in [-0.1, -0.05) is 20.4 Å². The SMILES string of the molecule is C=CC[N+]1(C2C[C@H]3[C@@H]4CCC5CC(OC(C)=O)C(N6CCC7(CC6)OCCO7)C[C@]5(C)[C@@H]4CC[C@]3(C)C2O)CCCC1. The van der Waals surface area contributed by atoms with E-state index < -0.39 is 0 Å². The van der Waals surface area contributed by atoms with Crippen LogP contribution >= 0.6 is 0 Å². The van der Waals surface area contributed by atoms with Crippen molar-refractivity contribution in [3.63, 3.8) is 0 Å². The van der Waals surface area contributed by atoms with E-state index in [9.17, 15) is 9.90 Å². The number of aliphatic hydroxyl groups is 1. The lowest BCUT2D eigenvalue weighted by molar-refractivity contribution is -0.938. The molecule has 1 N–H and O–H groups in total. The first-order valence-corrected chi connectivity index (χ1v) is 17.5. The molecule has 0 aromatic heterocycles. The van der Waals surface area contributed by atoms with Crippen molar-refractivity contribution in [2.75, 3.05) is 45.9 Å². The summed E-state index contributed by atoms with van der Waals surface area (Å²) in [5, 5.41) is 12.1. The van der Waals surface area contributed by atoms with Crippen LogP contribution in [-0.2, 0) is 19.0 Å². The smallest absolute Gasteiger partial charge is 0.302 e. The van der Waals surface area contributed by atoms with Crippen molar-refractivity contribution in [2.24, 2.45) is 34.5 Å². The summed E-state index contributed by atoms with van der Waals surface area (Å²) in [5.74, 6) is 2.04. The summed E-state index contributed by atoms with van der Waals surface area (Å²) in [5.41, 5.74) is 0.270. The largest absolute Gasteiger partial charge is 0.461 e. The third kappa shape index (κ3) is 4.57. The van der Waals surface area contributed by atoms with Gasteiger partial charge in [0.05, 0.1) is 32.8 Å². The Labute approximate surface area is 253 Å². The van der Waals surface area contributed by atoms with Crippen LogP contribution in [0.1, 0.15) is 91.4 Å². The van der Waals surface area contributed by atoms with Crippen LogP contribution in [0.15, 0.2) is 12.7 Å². The van der Waals surface area contributed by atoms with Crippen LogP contribution in [0.4, 0.5) is 0 Å². The van der Waals surface area contributed by atoms with Crippen molar-refractivity contribution < 1.29 is 28.6 Å². The molecular formula is C35H57N2O5+. The third-order valence-corrected chi connectivity index (χ3v) is 14.4. The van der Waals surface area contributed by atoms with Crippen molar-refractivity contribution in [3.05, 3.63) is 12.7 Å². The number of fused-ring (bicyclic) bond motifs is 5. The van der Waals surface area contributed by atoms with Crippen LogP contribution in [0.2, 0.25) is 0 Å². The van der Waals surface area contributed by atoms with E-state index >= 15 is 0 Å². The molecule has 4 aliphatic carbocycles. The predicted molar refractivity (Wildman–Crippen MR) is 161 cm³/mol. The van der Waals surface area contributed by atoms with E-state index in [-0.39, 0.29) is 40.8 Å². The fourth-order valence-electron chi connectivity index (χ4n) is 12.3. The molecule has 0 radical (unpaired) electrons. The van der Waals surface area contributed by atoms with E-state index in [0.717, 1.165) is 56.2 Å². The number of ether oxygens (including phenoxy) is 3. The molecule has 0 amide bonds. The van der Waals surface area contributed by atoms with Crippen LogP contribution < -0.4 is 0 Å². The van der Waals surface area contributed by atoms with E-state index in [2.05, 4.69) is 31.4 Å². The Hall–Kier alpha value is -0.990. The minimum absolute atomic E-state index is 0.0263. The molecule has 0 bridgehead atoms. The number of esters is 1. The Morgan fingerprint density at radius 2 is 1.74 bits per heavy atom. The summed E-state index contributed by atoms with van der Waals surface area (Å²) in [7, 11) is 0. The van der Waals surface area contributed by atoms with Gasteiger partial charge in [-0.2, -0.15) is 0 Å². The van der Waals surface area contributed by atoms with Gasteiger partial charge in [0.15, 0.2) is 5.79 Å². The molecule has 7 fully saturated rings. The van der Waals surface area contributed by atoms with Gasteiger partial charge < -0.3 is 23.8 Å². The first-order valence-electron chi connectivity index (χ1n) is 17.5. The second-order valence-electron chi connectivity index (χ2n) is 16.1. The highest BCUT2D eigenvalue weighted by atomic mass is 16.7. The molecule has 0 aromatic rings. The quantitative estimate of drug-likeness (QED) is 0.281. The van der Waals surface area contributed by atoms with Crippen molar-refractivity contribution in [1.29, 1.82) is 0 Å². The molecule has 3 aliphatic heterocycles. The average Bonchev–Trinajstić information content (AvgIpc) is 3.69. The highest BCUT2D eigenvalue weighted by Gasteiger charge is 2.66. The second-order valence-corrected chi connectivity index (χ2v) is 16.1.